The highest BCUT2D eigenvalue weighted by atomic mass is 32.2. The average molecular weight is 311 g/mol. The molecule has 21 heavy (non-hydrogen) atoms. The number of nitrogen functional groups attached to an aromatic ring is 1. The molecule has 0 amide bonds. The molecule has 2 atom stereocenters. The quantitative estimate of drug-likeness (QED) is 0.818. The standard InChI is InChI=1S/C15H25N3O2S/c1-4-12-17-13(15(19)20-5-2)14(16)18(12)10-8-7-9-11(10)21-6-3/h10-11H,4-9,16H2,1-3H3. The van der Waals surface area contributed by atoms with Crippen LogP contribution in [0.2, 0.25) is 0 Å². The van der Waals surface area contributed by atoms with E-state index in [1.165, 1.54) is 12.8 Å². The summed E-state index contributed by atoms with van der Waals surface area (Å²) in [4.78, 5) is 16.4. The van der Waals surface area contributed by atoms with Gasteiger partial charge in [0.2, 0.25) is 0 Å². The van der Waals surface area contributed by atoms with E-state index < -0.39 is 5.97 Å². The van der Waals surface area contributed by atoms with Crippen LogP contribution in [0.1, 0.15) is 62.4 Å². The summed E-state index contributed by atoms with van der Waals surface area (Å²) in [5.74, 6) is 2.05. The number of nitrogens with zero attached hydrogens (tertiary/aromatic N) is 2. The summed E-state index contributed by atoms with van der Waals surface area (Å²) in [6.45, 7) is 6.35. The normalized spacial score (nSPS) is 21.7. The molecule has 5 nitrogen and oxygen atoms in total. The molecule has 1 aromatic heterocycles. The summed E-state index contributed by atoms with van der Waals surface area (Å²) >= 11 is 1.98. The van der Waals surface area contributed by atoms with Gasteiger partial charge in [-0.2, -0.15) is 11.8 Å². The molecule has 1 heterocycles. The minimum atomic E-state index is -0.416. The van der Waals surface area contributed by atoms with Gasteiger partial charge in [0, 0.05) is 17.7 Å². The van der Waals surface area contributed by atoms with Gasteiger partial charge >= 0.3 is 5.97 Å². The monoisotopic (exact) mass is 311 g/mol. The number of thioether (sulfide) groups is 1. The van der Waals surface area contributed by atoms with Crippen LogP contribution in [0.4, 0.5) is 5.82 Å². The molecule has 0 bridgehead atoms. The molecular formula is C15H25N3O2S. The second-order valence-corrected chi connectivity index (χ2v) is 6.71. The van der Waals surface area contributed by atoms with E-state index in [0.717, 1.165) is 24.4 Å². The maximum atomic E-state index is 12.0. The Kier molecular flexibility index (Phi) is 5.56. The lowest BCUT2D eigenvalue weighted by molar-refractivity contribution is 0.0521. The molecule has 0 saturated heterocycles. The molecular weight excluding hydrogens is 286 g/mol. The first kappa shape index (κ1) is 16.2. The van der Waals surface area contributed by atoms with Crippen molar-refractivity contribution in [3.63, 3.8) is 0 Å². The number of imidazole rings is 1. The number of ether oxygens (including phenoxy) is 1. The summed E-state index contributed by atoms with van der Waals surface area (Å²) in [5.41, 5.74) is 6.52. The number of carbonyl (C=O) groups is 1. The van der Waals surface area contributed by atoms with Crippen molar-refractivity contribution in [2.24, 2.45) is 0 Å². The second kappa shape index (κ2) is 7.20. The molecule has 1 aromatic rings. The molecule has 0 aliphatic heterocycles. The van der Waals surface area contributed by atoms with Crippen molar-refractivity contribution in [1.29, 1.82) is 0 Å². The first-order valence-corrected chi connectivity index (χ1v) is 8.84. The van der Waals surface area contributed by atoms with E-state index in [4.69, 9.17) is 10.5 Å². The van der Waals surface area contributed by atoms with E-state index >= 15 is 0 Å². The zero-order chi connectivity index (χ0) is 15.4. The second-order valence-electron chi connectivity index (χ2n) is 5.20. The Balaban J connectivity index is 2.36. The van der Waals surface area contributed by atoms with Gasteiger partial charge in [-0.1, -0.05) is 20.3 Å². The third kappa shape index (κ3) is 3.20. The number of aryl methyl sites for hydroxylation is 1. The van der Waals surface area contributed by atoms with Crippen molar-refractivity contribution in [3.05, 3.63) is 11.5 Å². The number of nitrogens with two attached hydrogens (primary N) is 1. The van der Waals surface area contributed by atoms with Gasteiger partial charge in [0.25, 0.3) is 0 Å². The van der Waals surface area contributed by atoms with Crippen LogP contribution in [0, 0.1) is 0 Å². The molecule has 0 spiro atoms. The fourth-order valence-electron chi connectivity index (χ4n) is 3.07. The Bertz CT molecular complexity index is 501. The molecule has 1 fully saturated rings. The van der Waals surface area contributed by atoms with Gasteiger partial charge < -0.3 is 15.0 Å². The van der Waals surface area contributed by atoms with Crippen molar-refractivity contribution in [1.82, 2.24) is 9.55 Å². The molecule has 2 unspecified atom stereocenters. The number of hydrogen-bond acceptors (Lipinski definition) is 5. The predicted octanol–water partition coefficient (Wildman–Crippen LogP) is 3.05. The third-order valence-corrected chi connectivity index (χ3v) is 5.25. The number of aromatic nitrogens is 2. The lowest BCUT2D eigenvalue weighted by atomic mass is 10.2. The van der Waals surface area contributed by atoms with Crippen LogP contribution in [-0.2, 0) is 11.2 Å². The summed E-state index contributed by atoms with van der Waals surface area (Å²) in [6, 6.07) is 0.348. The minimum absolute atomic E-state index is 0.279. The summed E-state index contributed by atoms with van der Waals surface area (Å²) in [5, 5.41) is 0.562. The van der Waals surface area contributed by atoms with Crippen molar-refractivity contribution in [3.8, 4) is 0 Å². The molecule has 0 aromatic carbocycles. The molecule has 2 N–H and O–H groups in total. The van der Waals surface area contributed by atoms with Crippen molar-refractivity contribution in [2.45, 2.75) is 57.7 Å². The SMILES string of the molecule is CCOC(=O)c1nc(CC)n(C2CCCC2SCC)c1N. The lowest BCUT2D eigenvalue weighted by Gasteiger charge is -2.23. The largest absolute Gasteiger partial charge is 0.461 e. The van der Waals surface area contributed by atoms with Crippen LogP contribution in [0.15, 0.2) is 0 Å². The van der Waals surface area contributed by atoms with Gasteiger partial charge in [-0.05, 0) is 25.5 Å². The fraction of sp³-hybridized carbons (Fsp3) is 0.733. The fourth-order valence-corrected chi connectivity index (χ4v) is 4.31. The van der Waals surface area contributed by atoms with E-state index in [9.17, 15) is 4.79 Å². The van der Waals surface area contributed by atoms with Gasteiger partial charge in [0.1, 0.15) is 11.6 Å². The van der Waals surface area contributed by atoms with Gasteiger partial charge in [-0.3, -0.25) is 0 Å². The number of rotatable bonds is 6. The third-order valence-electron chi connectivity index (χ3n) is 3.94. The lowest BCUT2D eigenvalue weighted by Crippen LogP contribution is -2.20. The maximum Gasteiger partial charge on any atom is 0.360 e. The summed E-state index contributed by atoms with van der Waals surface area (Å²) in [7, 11) is 0. The highest BCUT2D eigenvalue weighted by Gasteiger charge is 2.33. The van der Waals surface area contributed by atoms with Crippen molar-refractivity contribution < 1.29 is 9.53 Å². The Labute approximate surface area is 130 Å². The van der Waals surface area contributed by atoms with Crippen LogP contribution in [-0.4, -0.2) is 33.1 Å². The van der Waals surface area contributed by atoms with Crippen LogP contribution in [0.25, 0.3) is 0 Å². The average Bonchev–Trinajstić information content (AvgIpc) is 3.03. The van der Waals surface area contributed by atoms with E-state index in [-0.39, 0.29) is 5.69 Å². The first-order chi connectivity index (χ1) is 10.1. The molecule has 6 heteroatoms. The summed E-state index contributed by atoms with van der Waals surface area (Å²) in [6.07, 6.45) is 4.29. The zero-order valence-electron chi connectivity index (χ0n) is 13.1. The Morgan fingerprint density at radius 2 is 2.19 bits per heavy atom. The predicted molar refractivity (Wildman–Crippen MR) is 86.8 cm³/mol. The minimum Gasteiger partial charge on any atom is -0.461 e. The Hall–Kier alpha value is -1.17. The topological polar surface area (TPSA) is 70.1 Å². The molecule has 1 aliphatic carbocycles. The number of hydrogen-bond donors (Lipinski definition) is 1. The van der Waals surface area contributed by atoms with Gasteiger partial charge in [-0.15, -0.1) is 0 Å². The molecule has 2 rings (SSSR count). The molecule has 0 radical (unpaired) electrons. The number of anilines is 1. The van der Waals surface area contributed by atoms with Gasteiger partial charge in [0.05, 0.1) is 6.61 Å². The highest BCUT2D eigenvalue weighted by molar-refractivity contribution is 7.99. The van der Waals surface area contributed by atoms with Gasteiger partial charge in [0.15, 0.2) is 5.69 Å². The van der Waals surface area contributed by atoms with E-state index in [1.54, 1.807) is 6.92 Å². The van der Waals surface area contributed by atoms with Crippen LogP contribution >= 0.6 is 11.8 Å². The molecule has 118 valence electrons. The molecule has 1 aliphatic rings. The van der Waals surface area contributed by atoms with Crippen molar-refractivity contribution in [2.75, 3.05) is 18.1 Å². The highest BCUT2D eigenvalue weighted by Crippen LogP contribution is 2.41. The number of esters is 1. The van der Waals surface area contributed by atoms with E-state index in [0.29, 0.717) is 23.7 Å². The van der Waals surface area contributed by atoms with Crippen molar-refractivity contribution >= 4 is 23.5 Å². The Morgan fingerprint density at radius 3 is 2.81 bits per heavy atom. The summed E-state index contributed by atoms with van der Waals surface area (Å²) < 4.78 is 7.15. The van der Waals surface area contributed by atoms with Gasteiger partial charge in [-0.25, -0.2) is 9.78 Å². The maximum absolute atomic E-state index is 12.0. The molecule has 1 saturated carbocycles. The van der Waals surface area contributed by atoms with E-state index in [2.05, 4.69) is 16.5 Å². The van der Waals surface area contributed by atoms with Crippen LogP contribution < -0.4 is 5.73 Å². The smallest absolute Gasteiger partial charge is 0.360 e. The van der Waals surface area contributed by atoms with Crippen LogP contribution in [0.5, 0.6) is 0 Å². The first-order valence-electron chi connectivity index (χ1n) is 7.79. The van der Waals surface area contributed by atoms with Crippen LogP contribution in [0.3, 0.4) is 0 Å². The number of carbonyl (C=O) groups excluding carboxylic acids is 1. The zero-order valence-corrected chi connectivity index (χ0v) is 13.9. The Morgan fingerprint density at radius 1 is 1.43 bits per heavy atom. The van der Waals surface area contributed by atoms with E-state index in [1.807, 2.05) is 18.7 Å².